The van der Waals surface area contributed by atoms with Gasteiger partial charge in [0.2, 0.25) is 5.78 Å². The van der Waals surface area contributed by atoms with Crippen molar-refractivity contribution in [2.45, 2.75) is 30.0 Å². The van der Waals surface area contributed by atoms with Gasteiger partial charge in [-0.15, -0.1) is 0 Å². The number of hydrogen-bond acceptors (Lipinski definition) is 10. The standard InChI is InChI=1S/C30H27F3N2O9/c1-35(2)20-19-24(39)16-17(26(41)29(19,44)27(42)18(25(20)40)28(34)43)23(38)15-14(22(16)37)10-7-12(21(15)36)6-3-11-4-8-13(9-5-11)30(31,32)33/h3-10,16,19-20,22,24,36-39,42,44H,1-2H3,(H2,34,43)/b6-3+. The lowest BCUT2D eigenvalue weighted by Crippen LogP contribution is -2.70. The van der Waals surface area contributed by atoms with E-state index < -0.39 is 98.9 Å². The van der Waals surface area contributed by atoms with Crippen molar-refractivity contribution >= 4 is 35.4 Å². The number of alkyl halides is 3. The first-order valence-electron chi connectivity index (χ1n) is 13.2. The van der Waals surface area contributed by atoms with Gasteiger partial charge in [0.15, 0.2) is 11.4 Å². The number of fused-ring (bicyclic) bond motifs is 3. The molecule has 2 aromatic rings. The SMILES string of the molecule is CN(C)C1C(=O)C(C(N)=O)=C(O)C2(O)C(=O)C3=C(O)c4c(ccc(/C=C/c5ccc(C(F)(F)F)cc5)c4O)C(O)C3C(O)C12. The molecule has 0 radical (unpaired) electrons. The van der Waals surface area contributed by atoms with Crippen LogP contribution in [0.1, 0.15) is 33.9 Å². The molecule has 14 heteroatoms. The average molecular weight is 617 g/mol. The number of Topliss-reactive ketones (excluding diaryl/α,β-unsaturated/α-hetero) is 2. The number of likely N-dealkylation sites (N-methyl/N-ethyl adjacent to an activating group) is 1. The van der Waals surface area contributed by atoms with Crippen LogP contribution in [0.5, 0.6) is 5.75 Å². The fraction of sp³-hybridized carbons (Fsp3) is 0.300. The molecule has 44 heavy (non-hydrogen) atoms. The van der Waals surface area contributed by atoms with E-state index in [4.69, 9.17) is 5.73 Å². The summed E-state index contributed by atoms with van der Waals surface area (Å²) in [4.78, 5) is 40.4. The summed E-state index contributed by atoms with van der Waals surface area (Å²) in [5.41, 5.74) is -0.817. The first-order chi connectivity index (χ1) is 20.4. The molecule has 1 saturated carbocycles. The third kappa shape index (κ3) is 4.32. The molecular formula is C30H27F3N2O9. The van der Waals surface area contributed by atoms with E-state index in [2.05, 4.69) is 0 Å². The number of aliphatic hydroxyl groups is 5. The van der Waals surface area contributed by atoms with Crippen molar-refractivity contribution in [3.63, 3.8) is 0 Å². The Kier molecular flexibility index (Phi) is 7.24. The minimum absolute atomic E-state index is 0.0107. The maximum absolute atomic E-state index is 13.9. The molecule has 0 saturated heterocycles. The number of carbonyl (C=O) groups is 3. The molecular weight excluding hydrogens is 589 g/mol. The molecule has 0 aromatic heterocycles. The van der Waals surface area contributed by atoms with Crippen molar-refractivity contribution in [2.75, 3.05) is 14.1 Å². The highest BCUT2D eigenvalue weighted by molar-refractivity contribution is 6.24. The highest BCUT2D eigenvalue weighted by Crippen LogP contribution is 2.55. The number of nitrogens with two attached hydrogens (primary N) is 1. The van der Waals surface area contributed by atoms with Crippen LogP contribution in [0.25, 0.3) is 17.9 Å². The van der Waals surface area contributed by atoms with E-state index in [1.807, 2.05) is 0 Å². The molecule has 3 aliphatic rings. The molecule has 0 aliphatic heterocycles. The van der Waals surface area contributed by atoms with E-state index in [0.717, 1.165) is 12.1 Å². The van der Waals surface area contributed by atoms with Gasteiger partial charge in [-0.2, -0.15) is 13.2 Å². The van der Waals surface area contributed by atoms with Gasteiger partial charge in [-0.1, -0.05) is 36.4 Å². The number of nitrogens with zero attached hydrogens (tertiary/aromatic N) is 1. The Morgan fingerprint density at radius 1 is 1.00 bits per heavy atom. The number of ketones is 2. The Morgan fingerprint density at radius 3 is 2.16 bits per heavy atom. The maximum Gasteiger partial charge on any atom is 0.416 e. The van der Waals surface area contributed by atoms with Gasteiger partial charge >= 0.3 is 6.18 Å². The monoisotopic (exact) mass is 616 g/mol. The fourth-order valence-electron chi connectivity index (χ4n) is 6.40. The van der Waals surface area contributed by atoms with Gasteiger partial charge in [0, 0.05) is 17.1 Å². The molecule has 6 unspecified atom stereocenters. The topological polar surface area (TPSA) is 202 Å². The second-order valence-electron chi connectivity index (χ2n) is 11.1. The second-order valence-corrected chi connectivity index (χ2v) is 11.1. The van der Waals surface area contributed by atoms with Crippen molar-refractivity contribution in [1.82, 2.24) is 4.90 Å². The van der Waals surface area contributed by atoms with Gasteiger partial charge < -0.3 is 36.4 Å². The van der Waals surface area contributed by atoms with Crippen LogP contribution in [0.2, 0.25) is 0 Å². The average Bonchev–Trinajstić information content (AvgIpc) is 2.93. The number of phenols is 1. The summed E-state index contributed by atoms with van der Waals surface area (Å²) in [7, 11) is 2.71. The first kappa shape index (κ1) is 30.9. The van der Waals surface area contributed by atoms with Crippen molar-refractivity contribution in [1.29, 1.82) is 0 Å². The number of halogens is 3. The Labute approximate surface area is 247 Å². The molecule has 0 heterocycles. The van der Waals surface area contributed by atoms with Crippen molar-refractivity contribution < 1.29 is 58.2 Å². The largest absolute Gasteiger partial charge is 0.508 e. The minimum atomic E-state index is -4.53. The van der Waals surface area contributed by atoms with Gasteiger partial charge in [-0.25, -0.2) is 0 Å². The maximum atomic E-state index is 13.9. The molecule has 1 fully saturated rings. The molecule has 1 amide bonds. The summed E-state index contributed by atoms with van der Waals surface area (Å²) in [5, 5.41) is 67.8. The summed E-state index contributed by atoms with van der Waals surface area (Å²) in [6.07, 6.45) is -5.61. The zero-order valence-electron chi connectivity index (χ0n) is 23.1. The normalized spacial score (nSPS) is 28.8. The number of amides is 1. The Bertz CT molecular complexity index is 1690. The number of rotatable bonds is 4. The van der Waals surface area contributed by atoms with Crippen LogP contribution >= 0.6 is 0 Å². The molecule has 8 N–H and O–H groups in total. The van der Waals surface area contributed by atoms with E-state index in [9.17, 15) is 58.2 Å². The third-order valence-corrected chi connectivity index (χ3v) is 8.48. The lowest BCUT2D eigenvalue weighted by atomic mass is 9.55. The predicted octanol–water partition coefficient (Wildman–Crippen LogP) is 1.61. The molecule has 232 valence electrons. The van der Waals surface area contributed by atoms with Gasteiger partial charge in [-0.05, 0) is 37.4 Å². The van der Waals surface area contributed by atoms with Crippen LogP contribution in [0.15, 0.2) is 53.3 Å². The van der Waals surface area contributed by atoms with E-state index >= 15 is 0 Å². The second kappa shape index (κ2) is 10.3. The zero-order chi connectivity index (χ0) is 32.6. The molecule has 6 atom stereocenters. The van der Waals surface area contributed by atoms with Crippen LogP contribution in [0, 0.1) is 11.8 Å². The van der Waals surface area contributed by atoms with Gasteiger partial charge in [0.1, 0.15) is 22.8 Å². The zero-order valence-corrected chi connectivity index (χ0v) is 23.1. The number of primary amides is 1. The molecule has 11 nitrogen and oxygen atoms in total. The van der Waals surface area contributed by atoms with Crippen molar-refractivity contribution in [3.05, 3.63) is 81.1 Å². The smallest absolute Gasteiger partial charge is 0.416 e. The van der Waals surface area contributed by atoms with Gasteiger partial charge in [0.25, 0.3) is 5.91 Å². The Balaban J connectivity index is 1.64. The van der Waals surface area contributed by atoms with Crippen LogP contribution in [-0.4, -0.2) is 84.9 Å². The summed E-state index contributed by atoms with van der Waals surface area (Å²) in [6.45, 7) is 0. The molecule has 3 aliphatic carbocycles. The number of aliphatic hydroxyl groups excluding tert-OH is 4. The van der Waals surface area contributed by atoms with E-state index in [1.165, 1.54) is 55.4 Å². The Morgan fingerprint density at radius 2 is 1.61 bits per heavy atom. The third-order valence-electron chi connectivity index (χ3n) is 8.48. The quantitative estimate of drug-likeness (QED) is 0.195. The van der Waals surface area contributed by atoms with Crippen LogP contribution in [-0.2, 0) is 20.6 Å². The highest BCUT2D eigenvalue weighted by atomic mass is 19.4. The summed E-state index contributed by atoms with van der Waals surface area (Å²) in [5.74, 6) is -10.5. The minimum Gasteiger partial charge on any atom is -0.508 e. The van der Waals surface area contributed by atoms with Crippen LogP contribution in [0.4, 0.5) is 13.2 Å². The lowest BCUT2D eigenvalue weighted by molar-refractivity contribution is -0.174. The summed E-state index contributed by atoms with van der Waals surface area (Å²) < 4.78 is 38.6. The van der Waals surface area contributed by atoms with Crippen LogP contribution in [0.3, 0.4) is 0 Å². The summed E-state index contributed by atoms with van der Waals surface area (Å²) in [6, 6.07) is 5.16. The molecule has 5 rings (SSSR count). The molecule has 0 bridgehead atoms. The van der Waals surface area contributed by atoms with Crippen LogP contribution < -0.4 is 5.73 Å². The first-order valence-corrected chi connectivity index (χ1v) is 13.2. The fourth-order valence-corrected chi connectivity index (χ4v) is 6.40. The summed E-state index contributed by atoms with van der Waals surface area (Å²) >= 11 is 0. The molecule has 0 spiro atoms. The number of aromatic hydroxyl groups is 1. The number of phenolic OH excluding ortho intramolecular Hbond substituents is 1. The van der Waals surface area contributed by atoms with E-state index in [0.29, 0.717) is 5.56 Å². The van der Waals surface area contributed by atoms with E-state index in [-0.39, 0.29) is 11.1 Å². The lowest BCUT2D eigenvalue weighted by Gasteiger charge is -2.53. The van der Waals surface area contributed by atoms with Gasteiger partial charge in [0.05, 0.1) is 35.3 Å². The van der Waals surface area contributed by atoms with Crippen molar-refractivity contribution in [3.8, 4) is 5.75 Å². The highest BCUT2D eigenvalue weighted by Gasteiger charge is 2.68. The Hall–Kier alpha value is -4.50. The predicted molar refractivity (Wildman–Crippen MR) is 147 cm³/mol. The van der Waals surface area contributed by atoms with Crippen molar-refractivity contribution in [2.24, 2.45) is 17.6 Å². The molecule has 2 aromatic carbocycles. The number of carbonyl (C=O) groups excluding carboxylic acids is 3. The number of benzene rings is 2. The number of hydrogen-bond donors (Lipinski definition) is 7. The van der Waals surface area contributed by atoms with E-state index in [1.54, 1.807) is 0 Å². The van der Waals surface area contributed by atoms with Gasteiger partial charge in [-0.3, -0.25) is 19.3 Å².